The number of nitro groups is 1. The second-order valence-electron chi connectivity index (χ2n) is 7.46. The van der Waals surface area contributed by atoms with Gasteiger partial charge in [0.2, 0.25) is 0 Å². The lowest BCUT2D eigenvalue weighted by molar-refractivity contribution is -0.929. The zero-order valence-electron chi connectivity index (χ0n) is 16.7. The van der Waals surface area contributed by atoms with Gasteiger partial charge in [-0.2, -0.15) is 5.10 Å². The summed E-state index contributed by atoms with van der Waals surface area (Å²) in [6, 6.07) is 28.2. The molecule has 1 heterocycles. The summed E-state index contributed by atoms with van der Waals surface area (Å²) in [5.41, 5.74) is 3.48. The maximum absolute atomic E-state index is 10.9. The molecule has 0 radical (unpaired) electrons. The van der Waals surface area contributed by atoms with Crippen LogP contribution in [0.15, 0.2) is 90.0 Å². The van der Waals surface area contributed by atoms with Crippen LogP contribution in [0.1, 0.15) is 22.7 Å². The third kappa shape index (κ3) is 4.72. The van der Waals surface area contributed by atoms with Crippen LogP contribution in [-0.4, -0.2) is 42.3 Å². The van der Waals surface area contributed by atoms with Crippen molar-refractivity contribution in [2.45, 2.75) is 6.04 Å². The van der Waals surface area contributed by atoms with Crippen molar-refractivity contribution in [2.75, 3.05) is 26.2 Å². The topological polar surface area (TPSA) is 63.2 Å². The third-order valence-electron chi connectivity index (χ3n) is 5.51. The van der Waals surface area contributed by atoms with Gasteiger partial charge in [0.05, 0.1) is 37.3 Å². The van der Waals surface area contributed by atoms with Crippen molar-refractivity contribution in [1.82, 2.24) is 5.01 Å². The van der Waals surface area contributed by atoms with Gasteiger partial charge in [-0.05, 0) is 0 Å². The first-order valence-electron chi connectivity index (χ1n) is 10.2. The van der Waals surface area contributed by atoms with Gasteiger partial charge < -0.3 is 4.90 Å². The average Bonchev–Trinajstić information content (AvgIpc) is 2.80. The molecule has 0 amide bonds. The molecule has 30 heavy (non-hydrogen) atoms. The van der Waals surface area contributed by atoms with Crippen LogP contribution in [0.25, 0.3) is 0 Å². The SMILES string of the molecule is O=[N+]([O-])c1cccc(/C=N\N2CC[NH+](C(c3ccccc3)c3ccccc3)CC2)c1. The zero-order chi connectivity index (χ0) is 20.8. The first-order valence-corrected chi connectivity index (χ1v) is 10.2. The molecule has 6 nitrogen and oxygen atoms in total. The van der Waals surface area contributed by atoms with Crippen molar-refractivity contribution in [3.05, 3.63) is 112 Å². The smallest absolute Gasteiger partial charge is 0.270 e. The predicted molar refractivity (Wildman–Crippen MR) is 118 cm³/mol. The third-order valence-corrected chi connectivity index (χ3v) is 5.51. The first kappa shape index (κ1) is 19.8. The molecule has 152 valence electrons. The Hall–Kier alpha value is -3.51. The van der Waals surface area contributed by atoms with Crippen LogP contribution in [0.4, 0.5) is 5.69 Å². The summed E-state index contributed by atoms with van der Waals surface area (Å²) in [6.45, 7) is 3.63. The molecule has 3 aromatic carbocycles. The van der Waals surface area contributed by atoms with Gasteiger partial charge in [0.1, 0.15) is 6.04 Å². The molecule has 1 saturated heterocycles. The van der Waals surface area contributed by atoms with Crippen LogP contribution in [0, 0.1) is 10.1 Å². The van der Waals surface area contributed by atoms with E-state index < -0.39 is 0 Å². The van der Waals surface area contributed by atoms with E-state index in [1.54, 1.807) is 18.3 Å². The van der Waals surface area contributed by atoms with Gasteiger partial charge in [-0.25, -0.2) is 0 Å². The fourth-order valence-corrected chi connectivity index (χ4v) is 4.01. The van der Waals surface area contributed by atoms with E-state index >= 15 is 0 Å². The Labute approximate surface area is 176 Å². The molecule has 0 saturated carbocycles. The van der Waals surface area contributed by atoms with Crippen molar-refractivity contribution in [1.29, 1.82) is 0 Å². The lowest BCUT2D eigenvalue weighted by Gasteiger charge is -2.35. The molecule has 1 aliphatic rings. The summed E-state index contributed by atoms with van der Waals surface area (Å²) in [5, 5.41) is 17.6. The number of benzene rings is 3. The fourth-order valence-electron chi connectivity index (χ4n) is 4.01. The molecule has 1 aliphatic heterocycles. The Bertz CT molecular complexity index is 960. The Morgan fingerprint density at radius 2 is 1.50 bits per heavy atom. The number of hydrazone groups is 1. The average molecular weight is 401 g/mol. The van der Waals surface area contributed by atoms with E-state index in [1.165, 1.54) is 22.1 Å². The highest BCUT2D eigenvalue weighted by Crippen LogP contribution is 2.19. The Morgan fingerprint density at radius 1 is 0.900 bits per heavy atom. The summed E-state index contributed by atoms with van der Waals surface area (Å²) >= 11 is 0. The molecule has 3 aromatic rings. The van der Waals surface area contributed by atoms with Gasteiger partial charge in [0.25, 0.3) is 5.69 Å². The van der Waals surface area contributed by atoms with Gasteiger partial charge >= 0.3 is 0 Å². The van der Waals surface area contributed by atoms with Crippen LogP contribution in [0.5, 0.6) is 0 Å². The van der Waals surface area contributed by atoms with Gasteiger partial charge in [0.15, 0.2) is 0 Å². The number of quaternary nitrogens is 1. The lowest BCUT2D eigenvalue weighted by atomic mass is 9.96. The molecule has 1 N–H and O–H groups in total. The zero-order valence-corrected chi connectivity index (χ0v) is 16.7. The summed E-state index contributed by atoms with van der Waals surface area (Å²) in [4.78, 5) is 12.1. The number of non-ortho nitro benzene ring substituents is 1. The minimum absolute atomic E-state index is 0.0850. The minimum atomic E-state index is -0.382. The summed E-state index contributed by atoms with van der Waals surface area (Å²) in [5.74, 6) is 0. The predicted octanol–water partition coefficient (Wildman–Crippen LogP) is 2.92. The number of piperazine rings is 1. The number of hydrogen-bond acceptors (Lipinski definition) is 4. The molecule has 4 rings (SSSR count). The summed E-state index contributed by atoms with van der Waals surface area (Å²) < 4.78 is 0. The van der Waals surface area contributed by atoms with E-state index in [-0.39, 0.29) is 10.6 Å². The maximum atomic E-state index is 10.9. The molecular formula is C24H25N4O2+. The molecule has 0 atom stereocenters. The number of nitrogens with zero attached hydrogens (tertiary/aromatic N) is 3. The van der Waals surface area contributed by atoms with Crippen molar-refractivity contribution < 1.29 is 9.82 Å². The summed E-state index contributed by atoms with van der Waals surface area (Å²) in [7, 11) is 0. The van der Waals surface area contributed by atoms with E-state index in [0.29, 0.717) is 6.04 Å². The lowest BCUT2D eigenvalue weighted by Crippen LogP contribution is -3.15. The van der Waals surface area contributed by atoms with Crippen LogP contribution in [0.2, 0.25) is 0 Å². The largest absolute Gasteiger partial charge is 0.322 e. The Kier molecular flexibility index (Phi) is 6.15. The fraction of sp³-hybridized carbons (Fsp3) is 0.208. The quantitative estimate of drug-likeness (QED) is 0.392. The molecule has 1 fully saturated rings. The van der Waals surface area contributed by atoms with Crippen molar-refractivity contribution in [2.24, 2.45) is 5.10 Å². The summed E-state index contributed by atoms with van der Waals surface area (Å²) in [6.07, 6.45) is 1.71. The van der Waals surface area contributed by atoms with Crippen molar-refractivity contribution >= 4 is 11.9 Å². The van der Waals surface area contributed by atoms with Crippen LogP contribution >= 0.6 is 0 Å². The van der Waals surface area contributed by atoms with E-state index in [0.717, 1.165) is 31.7 Å². The van der Waals surface area contributed by atoms with Gasteiger partial charge in [-0.3, -0.25) is 15.1 Å². The Morgan fingerprint density at radius 3 is 2.07 bits per heavy atom. The number of hydrogen-bond donors (Lipinski definition) is 1. The van der Waals surface area contributed by atoms with Gasteiger partial charge in [0, 0.05) is 28.8 Å². The van der Waals surface area contributed by atoms with E-state index in [1.807, 2.05) is 6.07 Å². The second-order valence-corrected chi connectivity index (χ2v) is 7.46. The minimum Gasteiger partial charge on any atom is -0.322 e. The number of rotatable bonds is 6. The number of nitro benzene ring substituents is 1. The van der Waals surface area contributed by atoms with Crippen molar-refractivity contribution in [3.63, 3.8) is 0 Å². The normalized spacial score (nSPS) is 15.0. The van der Waals surface area contributed by atoms with Gasteiger partial charge in [-0.15, -0.1) is 0 Å². The Balaban J connectivity index is 1.45. The van der Waals surface area contributed by atoms with Crippen LogP contribution in [-0.2, 0) is 0 Å². The number of nitrogens with one attached hydrogen (secondary N) is 1. The highest BCUT2D eigenvalue weighted by molar-refractivity contribution is 5.80. The van der Waals surface area contributed by atoms with Gasteiger partial charge in [-0.1, -0.05) is 72.8 Å². The van der Waals surface area contributed by atoms with Crippen LogP contribution in [0.3, 0.4) is 0 Å². The van der Waals surface area contributed by atoms with Crippen molar-refractivity contribution in [3.8, 4) is 0 Å². The standard InChI is InChI=1S/C24H24N4O2/c29-28(30)23-13-7-8-20(18-23)19-25-27-16-14-26(15-17-27)24(21-9-3-1-4-10-21)22-11-5-2-6-12-22/h1-13,18-19,24H,14-17H2/p+1/b25-19-. The first-order chi connectivity index (χ1) is 14.7. The molecule has 0 aromatic heterocycles. The second kappa shape index (κ2) is 9.33. The molecule has 6 heteroatoms. The molecule has 0 bridgehead atoms. The molecule has 0 unspecified atom stereocenters. The van der Waals surface area contributed by atoms with E-state index in [4.69, 9.17) is 0 Å². The van der Waals surface area contributed by atoms with E-state index in [2.05, 4.69) is 70.8 Å². The molecular weight excluding hydrogens is 376 g/mol. The highest BCUT2D eigenvalue weighted by atomic mass is 16.6. The molecule has 0 aliphatic carbocycles. The maximum Gasteiger partial charge on any atom is 0.270 e. The highest BCUT2D eigenvalue weighted by Gasteiger charge is 2.29. The van der Waals surface area contributed by atoms with Crippen LogP contribution < -0.4 is 4.90 Å². The van der Waals surface area contributed by atoms with E-state index in [9.17, 15) is 10.1 Å². The monoisotopic (exact) mass is 401 g/mol. The molecule has 0 spiro atoms.